The van der Waals surface area contributed by atoms with Crippen molar-refractivity contribution in [3.63, 3.8) is 0 Å². The number of carboxylic acid groups (broad SMARTS) is 1. The van der Waals surface area contributed by atoms with Gasteiger partial charge >= 0.3 is 5.97 Å². The van der Waals surface area contributed by atoms with E-state index in [0.29, 0.717) is 6.04 Å². The van der Waals surface area contributed by atoms with Crippen LogP contribution in [0.4, 0.5) is 0 Å². The molecule has 0 bridgehead atoms. The highest BCUT2D eigenvalue weighted by Crippen LogP contribution is 2.12. The average Bonchev–Trinajstić information content (AvgIpc) is 2.16. The third-order valence-electron chi connectivity index (χ3n) is 2.89. The molecule has 0 aromatic rings. The molecule has 0 fully saturated rings. The first-order chi connectivity index (χ1) is 6.54. The van der Waals surface area contributed by atoms with Gasteiger partial charge in [0.2, 0.25) is 0 Å². The maximum atomic E-state index is 11.0. The Morgan fingerprint density at radius 2 is 2.00 bits per heavy atom. The summed E-state index contributed by atoms with van der Waals surface area (Å²) in [6.07, 6.45) is 3.79. The topological polar surface area (TPSA) is 40.5 Å². The van der Waals surface area contributed by atoms with Crippen LogP contribution in [0.15, 0.2) is 0 Å². The molecule has 3 nitrogen and oxygen atoms in total. The van der Waals surface area contributed by atoms with Crippen molar-refractivity contribution in [1.82, 2.24) is 4.90 Å². The summed E-state index contributed by atoms with van der Waals surface area (Å²) in [5.74, 6) is -0.693. The summed E-state index contributed by atoms with van der Waals surface area (Å²) in [5.41, 5.74) is 0. The summed E-state index contributed by atoms with van der Waals surface area (Å²) in [6, 6.07) is 0.0258. The Labute approximate surface area is 87.1 Å². The lowest BCUT2D eigenvalue weighted by Gasteiger charge is -2.29. The van der Waals surface area contributed by atoms with Gasteiger partial charge in [-0.15, -0.1) is 0 Å². The molecular formula is C11H23NO2. The van der Waals surface area contributed by atoms with E-state index in [9.17, 15) is 4.79 Å². The molecule has 0 spiro atoms. The Balaban J connectivity index is 4.25. The first kappa shape index (κ1) is 13.4. The SMILES string of the molecule is CCCCC(C(=O)O)N(C)C(C)CC. The zero-order valence-corrected chi connectivity index (χ0v) is 9.79. The van der Waals surface area contributed by atoms with Crippen LogP contribution in [0.2, 0.25) is 0 Å². The van der Waals surface area contributed by atoms with E-state index in [2.05, 4.69) is 20.8 Å². The summed E-state index contributed by atoms with van der Waals surface area (Å²) in [5, 5.41) is 9.07. The molecule has 14 heavy (non-hydrogen) atoms. The van der Waals surface area contributed by atoms with E-state index in [4.69, 9.17) is 5.11 Å². The van der Waals surface area contributed by atoms with Crippen LogP contribution >= 0.6 is 0 Å². The average molecular weight is 201 g/mol. The summed E-state index contributed by atoms with van der Waals surface area (Å²) < 4.78 is 0. The Hall–Kier alpha value is -0.570. The normalized spacial score (nSPS) is 15.5. The Morgan fingerprint density at radius 3 is 2.36 bits per heavy atom. The maximum Gasteiger partial charge on any atom is 0.320 e. The number of unbranched alkanes of at least 4 members (excludes halogenated alkanes) is 1. The minimum atomic E-state index is -0.693. The fourth-order valence-corrected chi connectivity index (χ4v) is 1.49. The zero-order chi connectivity index (χ0) is 11.1. The van der Waals surface area contributed by atoms with Crippen LogP contribution in [0, 0.1) is 0 Å². The van der Waals surface area contributed by atoms with Gasteiger partial charge in [0.25, 0.3) is 0 Å². The smallest absolute Gasteiger partial charge is 0.320 e. The van der Waals surface area contributed by atoms with Crippen LogP contribution < -0.4 is 0 Å². The third-order valence-corrected chi connectivity index (χ3v) is 2.89. The Morgan fingerprint density at radius 1 is 1.43 bits per heavy atom. The van der Waals surface area contributed by atoms with Crippen LogP contribution in [-0.2, 0) is 4.79 Å². The molecule has 0 rings (SSSR count). The van der Waals surface area contributed by atoms with E-state index in [1.807, 2.05) is 11.9 Å². The zero-order valence-electron chi connectivity index (χ0n) is 9.79. The molecule has 2 atom stereocenters. The van der Waals surface area contributed by atoms with E-state index in [-0.39, 0.29) is 6.04 Å². The molecule has 0 saturated carbocycles. The van der Waals surface area contributed by atoms with E-state index in [1.165, 1.54) is 0 Å². The lowest BCUT2D eigenvalue weighted by atomic mass is 10.1. The van der Waals surface area contributed by atoms with Gasteiger partial charge in [0, 0.05) is 6.04 Å². The highest BCUT2D eigenvalue weighted by Gasteiger charge is 2.24. The molecule has 0 aliphatic rings. The van der Waals surface area contributed by atoms with Crippen molar-refractivity contribution in [2.24, 2.45) is 0 Å². The molecule has 3 heteroatoms. The molecule has 0 amide bonds. The summed E-state index contributed by atoms with van der Waals surface area (Å²) in [4.78, 5) is 13.0. The number of rotatable bonds is 7. The molecule has 1 N–H and O–H groups in total. The molecular weight excluding hydrogens is 178 g/mol. The van der Waals surface area contributed by atoms with Crippen LogP contribution in [-0.4, -0.2) is 35.1 Å². The van der Waals surface area contributed by atoms with Crippen LogP contribution in [0.1, 0.15) is 46.5 Å². The van der Waals surface area contributed by atoms with Crippen molar-refractivity contribution >= 4 is 5.97 Å². The minimum Gasteiger partial charge on any atom is -0.480 e. The van der Waals surface area contributed by atoms with E-state index in [1.54, 1.807) is 0 Å². The van der Waals surface area contributed by atoms with Gasteiger partial charge in [-0.3, -0.25) is 9.69 Å². The second-order valence-electron chi connectivity index (χ2n) is 3.92. The van der Waals surface area contributed by atoms with Gasteiger partial charge in [0.05, 0.1) is 0 Å². The van der Waals surface area contributed by atoms with Gasteiger partial charge in [-0.05, 0) is 26.8 Å². The second kappa shape index (κ2) is 6.82. The van der Waals surface area contributed by atoms with Crippen molar-refractivity contribution in [3.05, 3.63) is 0 Å². The Bertz CT molecular complexity index is 171. The van der Waals surface area contributed by atoms with Crippen molar-refractivity contribution in [1.29, 1.82) is 0 Å². The van der Waals surface area contributed by atoms with Gasteiger partial charge in [-0.1, -0.05) is 26.7 Å². The second-order valence-corrected chi connectivity index (χ2v) is 3.92. The number of aliphatic carboxylic acids is 1. The third kappa shape index (κ3) is 4.09. The number of hydrogen-bond acceptors (Lipinski definition) is 2. The van der Waals surface area contributed by atoms with Crippen molar-refractivity contribution < 1.29 is 9.90 Å². The van der Waals surface area contributed by atoms with Gasteiger partial charge in [0.15, 0.2) is 0 Å². The number of hydrogen-bond donors (Lipinski definition) is 1. The molecule has 0 radical (unpaired) electrons. The lowest BCUT2D eigenvalue weighted by Crippen LogP contribution is -2.43. The molecule has 2 unspecified atom stereocenters. The molecule has 0 aromatic heterocycles. The van der Waals surface area contributed by atoms with Gasteiger partial charge in [0.1, 0.15) is 6.04 Å². The fourth-order valence-electron chi connectivity index (χ4n) is 1.49. The fraction of sp³-hybridized carbons (Fsp3) is 0.909. The number of nitrogens with zero attached hydrogens (tertiary/aromatic N) is 1. The monoisotopic (exact) mass is 201 g/mol. The summed E-state index contributed by atoms with van der Waals surface area (Å²) in [7, 11) is 1.91. The van der Waals surface area contributed by atoms with Crippen LogP contribution in [0.5, 0.6) is 0 Å². The predicted molar refractivity (Wildman–Crippen MR) is 58.5 cm³/mol. The number of likely N-dealkylation sites (N-methyl/N-ethyl adjacent to an activating group) is 1. The first-order valence-electron chi connectivity index (χ1n) is 5.49. The predicted octanol–water partition coefficient (Wildman–Crippen LogP) is 2.36. The van der Waals surface area contributed by atoms with E-state index >= 15 is 0 Å². The maximum absolute atomic E-state index is 11.0. The van der Waals surface area contributed by atoms with E-state index in [0.717, 1.165) is 25.7 Å². The van der Waals surface area contributed by atoms with Crippen LogP contribution in [0.3, 0.4) is 0 Å². The first-order valence-corrected chi connectivity index (χ1v) is 5.49. The largest absolute Gasteiger partial charge is 0.480 e. The van der Waals surface area contributed by atoms with Gasteiger partial charge in [-0.2, -0.15) is 0 Å². The van der Waals surface area contributed by atoms with Gasteiger partial charge in [-0.25, -0.2) is 0 Å². The highest BCUT2D eigenvalue weighted by atomic mass is 16.4. The Kier molecular flexibility index (Phi) is 6.54. The molecule has 0 aliphatic carbocycles. The van der Waals surface area contributed by atoms with Crippen molar-refractivity contribution in [2.75, 3.05) is 7.05 Å². The summed E-state index contributed by atoms with van der Waals surface area (Å²) >= 11 is 0. The molecule has 0 aromatic carbocycles. The van der Waals surface area contributed by atoms with Crippen molar-refractivity contribution in [3.8, 4) is 0 Å². The molecule has 0 saturated heterocycles. The van der Waals surface area contributed by atoms with Gasteiger partial charge < -0.3 is 5.11 Å². The van der Waals surface area contributed by atoms with Crippen molar-refractivity contribution in [2.45, 2.75) is 58.5 Å². The van der Waals surface area contributed by atoms with Crippen LogP contribution in [0.25, 0.3) is 0 Å². The molecule has 84 valence electrons. The highest BCUT2D eigenvalue weighted by molar-refractivity contribution is 5.73. The quantitative estimate of drug-likeness (QED) is 0.687. The lowest BCUT2D eigenvalue weighted by molar-refractivity contribution is -0.143. The molecule has 0 heterocycles. The minimum absolute atomic E-state index is 0.315. The number of carboxylic acids is 1. The number of carbonyl (C=O) groups is 1. The standard InChI is InChI=1S/C11H23NO2/c1-5-7-8-10(11(13)14)12(4)9(3)6-2/h9-10H,5-8H2,1-4H3,(H,13,14). The summed E-state index contributed by atoms with van der Waals surface area (Å²) in [6.45, 7) is 6.24. The van der Waals surface area contributed by atoms with E-state index < -0.39 is 5.97 Å². The molecule has 0 aliphatic heterocycles.